The molecule has 0 aliphatic rings. The number of aliphatic imine (C=N–C) groups is 1. The van der Waals surface area contributed by atoms with Crippen molar-refractivity contribution in [3.05, 3.63) is 25.1 Å². The molecule has 13 heavy (non-hydrogen) atoms. The first kappa shape index (κ1) is 11.9. The van der Waals surface area contributed by atoms with Gasteiger partial charge in [-0.25, -0.2) is 0 Å². The van der Waals surface area contributed by atoms with Crippen LogP contribution in [0, 0.1) is 0 Å². The van der Waals surface area contributed by atoms with Gasteiger partial charge in [-0.2, -0.15) is 0 Å². The van der Waals surface area contributed by atoms with Crippen LogP contribution in [0.3, 0.4) is 0 Å². The molecule has 0 aliphatic heterocycles. The summed E-state index contributed by atoms with van der Waals surface area (Å²) in [6.45, 7) is 9.35. The third-order valence-electron chi connectivity index (χ3n) is 1.70. The van der Waals surface area contributed by atoms with E-state index in [4.69, 9.17) is 0 Å². The van der Waals surface area contributed by atoms with Crippen LogP contribution in [0.5, 0.6) is 0 Å². The number of hydrogen-bond acceptors (Lipinski definition) is 3. The number of likely N-dealkylation sites (N-methyl/N-ethyl adjacent to an activating group) is 2. The van der Waals surface area contributed by atoms with Gasteiger partial charge < -0.3 is 9.80 Å². The Kier molecular flexibility index (Phi) is 5.89. The molecule has 74 valence electrons. The molecule has 0 bridgehead atoms. The van der Waals surface area contributed by atoms with Crippen molar-refractivity contribution in [1.82, 2.24) is 9.80 Å². The fraction of sp³-hybridized carbons (Fsp3) is 0.500. The van der Waals surface area contributed by atoms with Crippen LogP contribution in [0.4, 0.5) is 0 Å². The van der Waals surface area contributed by atoms with Crippen molar-refractivity contribution in [1.29, 1.82) is 0 Å². The molecule has 0 spiro atoms. The lowest BCUT2D eigenvalue weighted by Gasteiger charge is -2.20. The van der Waals surface area contributed by atoms with Gasteiger partial charge in [0.15, 0.2) is 0 Å². The first-order chi connectivity index (χ1) is 6.07. The van der Waals surface area contributed by atoms with Gasteiger partial charge in [-0.3, -0.25) is 4.99 Å². The highest BCUT2D eigenvalue weighted by Crippen LogP contribution is 1.94. The van der Waals surface area contributed by atoms with Crippen molar-refractivity contribution in [2.75, 3.05) is 34.2 Å². The van der Waals surface area contributed by atoms with Crippen LogP contribution in [0.25, 0.3) is 0 Å². The second-order valence-corrected chi connectivity index (χ2v) is 3.18. The van der Waals surface area contributed by atoms with E-state index >= 15 is 0 Å². The topological polar surface area (TPSA) is 18.8 Å². The van der Waals surface area contributed by atoms with Crippen LogP contribution >= 0.6 is 0 Å². The van der Waals surface area contributed by atoms with Gasteiger partial charge in [-0.1, -0.05) is 13.2 Å². The summed E-state index contributed by atoms with van der Waals surface area (Å²) in [6, 6.07) is 0. The average Bonchev–Trinajstić information content (AvgIpc) is 2.10. The van der Waals surface area contributed by atoms with Crippen molar-refractivity contribution < 1.29 is 0 Å². The fourth-order valence-electron chi connectivity index (χ4n) is 0.731. The minimum Gasteiger partial charge on any atom is -0.373 e. The van der Waals surface area contributed by atoms with Gasteiger partial charge in [0.2, 0.25) is 0 Å². The molecule has 0 aliphatic carbocycles. The van der Waals surface area contributed by atoms with E-state index in [1.54, 1.807) is 6.21 Å². The van der Waals surface area contributed by atoms with Gasteiger partial charge in [0.25, 0.3) is 0 Å². The molecule has 0 saturated heterocycles. The third-order valence-corrected chi connectivity index (χ3v) is 1.70. The lowest BCUT2D eigenvalue weighted by atomic mass is 10.4. The van der Waals surface area contributed by atoms with E-state index in [0.717, 1.165) is 18.8 Å². The van der Waals surface area contributed by atoms with Crippen LogP contribution in [-0.2, 0) is 0 Å². The molecule has 0 fully saturated rings. The molecule has 0 aromatic heterocycles. The Morgan fingerprint density at radius 1 is 1.31 bits per heavy atom. The fourth-order valence-corrected chi connectivity index (χ4v) is 0.731. The second-order valence-electron chi connectivity index (χ2n) is 3.18. The molecule has 0 atom stereocenters. The molecule has 0 aromatic carbocycles. The first-order valence-corrected chi connectivity index (χ1v) is 4.26. The van der Waals surface area contributed by atoms with Crippen LogP contribution in [0.1, 0.15) is 0 Å². The van der Waals surface area contributed by atoms with E-state index in [1.165, 1.54) is 6.20 Å². The second kappa shape index (κ2) is 6.43. The Hall–Kier alpha value is -1.09. The average molecular weight is 181 g/mol. The summed E-state index contributed by atoms with van der Waals surface area (Å²) in [5.41, 5.74) is 0.904. The van der Waals surface area contributed by atoms with E-state index in [-0.39, 0.29) is 0 Å². The van der Waals surface area contributed by atoms with Gasteiger partial charge in [0.05, 0.1) is 0 Å². The van der Waals surface area contributed by atoms with Gasteiger partial charge in [-0.05, 0) is 14.1 Å². The molecular formula is C10H19N3. The van der Waals surface area contributed by atoms with Crippen molar-refractivity contribution in [3.8, 4) is 0 Å². The van der Waals surface area contributed by atoms with Gasteiger partial charge in [0.1, 0.15) is 0 Å². The Balaban J connectivity index is 3.82. The third kappa shape index (κ3) is 6.11. The summed E-state index contributed by atoms with van der Waals surface area (Å²) in [5.74, 6) is 0. The predicted molar refractivity (Wildman–Crippen MR) is 59.0 cm³/mol. The largest absolute Gasteiger partial charge is 0.373 e. The van der Waals surface area contributed by atoms with Crippen molar-refractivity contribution in [3.63, 3.8) is 0 Å². The summed E-state index contributed by atoms with van der Waals surface area (Å²) >= 11 is 0. The molecule has 0 unspecified atom stereocenters. The Labute approximate surface area is 81.1 Å². The van der Waals surface area contributed by atoms with E-state index in [2.05, 4.69) is 42.0 Å². The van der Waals surface area contributed by atoms with Gasteiger partial charge in [0, 0.05) is 38.2 Å². The van der Waals surface area contributed by atoms with Crippen molar-refractivity contribution >= 4 is 6.21 Å². The molecule has 0 saturated carbocycles. The van der Waals surface area contributed by atoms with Gasteiger partial charge >= 0.3 is 0 Å². The maximum absolute atomic E-state index is 3.90. The molecule has 0 heterocycles. The van der Waals surface area contributed by atoms with Crippen LogP contribution in [0.15, 0.2) is 30.0 Å². The summed E-state index contributed by atoms with van der Waals surface area (Å²) < 4.78 is 0. The number of hydrogen-bond donors (Lipinski definition) is 0. The maximum Gasteiger partial charge on any atom is 0.0495 e. The van der Waals surface area contributed by atoms with Crippen molar-refractivity contribution in [2.45, 2.75) is 0 Å². The minimum absolute atomic E-state index is 0.904. The highest BCUT2D eigenvalue weighted by atomic mass is 15.2. The lowest BCUT2D eigenvalue weighted by Crippen LogP contribution is -2.28. The zero-order chi connectivity index (χ0) is 10.3. The summed E-state index contributed by atoms with van der Waals surface area (Å²) in [4.78, 5) is 8.10. The standard InChI is InChI=1S/C10H19N3/c1-6-11-9-10(2)13(5)8-7-12(3)4/h6,9H,1-2,7-8H2,3-5H3. The maximum atomic E-state index is 3.90. The first-order valence-electron chi connectivity index (χ1n) is 4.26. The lowest BCUT2D eigenvalue weighted by molar-refractivity contribution is 0.335. The molecule has 0 amide bonds. The van der Waals surface area contributed by atoms with Crippen LogP contribution < -0.4 is 0 Å². The smallest absolute Gasteiger partial charge is 0.0495 e. The number of allylic oxidation sites excluding steroid dienone is 1. The monoisotopic (exact) mass is 181 g/mol. The summed E-state index contributed by atoms with van der Waals surface area (Å²) in [6.07, 6.45) is 3.22. The normalized spacial score (nSPS) is 10.8. The summed E-state index contributed by atoms with van der Waals surface area (Å²) in [7, 11) is 6.10. The zero-order valence-corrected chi connectivity index (χ0v) is 8.82. The highest BCUT2D eigenvalue weighted by Gasteiger charge is 1.98. The Morgan fingerprint density at radius 3 is 2.38 bits per heavy atom. The van der Waals surface area contributed by atoms with E-state index < -0.39 is 0 Å². The highest BCUT2D eigenvalue weighted by molar-refractivity contribution is 5.77. The summed E-state index contributed by atoms with van der Waals surface area (Å²) in [5, 5.41) is 0. The Morgan fingerprint density at radius 2 is 1.92 bits per heavy atom. The number of nitrogens with zero attached hydrogens (tertiary/aromatic N) is 3. The van der Waals surface area contributed by atoms with E-state index in [0.29, 0.717) is 0 Å². The zero-order valence-electron chi connectivity index (χ0n) is 8.82. The minimum atomic E-state index is 0.904. The van der Waals surface area contributed by atoms with Crippen LogP contribution in [0.2, 0.25) is 0 Å². The SMILES string of the molecule is C=CN=CC(=C)N(C)CCN(C)C. The molecule has 0 aromatic rings. The molecule has 3 nitrogen and oxygen atoms in total. The van der Waals surface area contributed by atoms with E-state index in [1.807, 2.05) is 7.05 Å². The Bertz CT molecular complexity index is 194. The molecule has 0 radical (unpaired) electrons. The quantitative estimate of drug-likeness (QED) is 0.574. The van der Waals surface area contributed by atoms with Crippen LogP contribution in [-0.4, -0.2) is 50.2 Å². The van der Waals surface area contributed by atoms with E-state index in [9.17, 15) is 0 Å². The predicted octanol–water partition coefficient (Wildman–Crippen LogP) is 1.21. The molecule has 0 N–H and O–H groups in total. The molecule has 0 rings (SSSR count). The molecule has 3 heteroatoms. The number of rotatable bonds is 6. The van der Waals surface area contributed by atoms with Crippen molar-refractivity contribution in [2.24, 2.45) is 4.99 Å². The molecular weight excluding hydrogens is 162 g/mol. The van der Waals surface area contributed by atoms with Gasteiger partial charge in [-0.15, -0.1) is 0 Å².